The molecule has 0 spiro atoms. The molecule has 0 aliphatic heterocycles. The lowest BCUT2D eigenvalue weighted by Gasteiger charge is -2.12. The molecule has 0 bridgehead atoms. The highest BCUT2D eigenvalue weighted by Gasteiger charge is 2.13. The molecule has 0 aliphatic carbocycles. The Morgan fingerprint density at radius 2 is 1.07 bits per heavy atom. The van der Waals surface area contributed by atoms with E-state index in [1.54, 1.807) is 0 Å². The van der Waals surface area contributed by atoms with Gasteiger partial charge in [0.05, 0.1) is 12.5 Å². The summed E-state index contributed by atoms with van der Waals surface area (Å²) in [4.78, 5) is 12.0. The maximum absolute atomic E-state index is 12.0. The van der Waals surface area contributed by atoms with Crippen LogP contribution in [0.5, 0.6) is 0 Å². The minimum absolute atomic E-state index is 0.0161. The fourth-order valence-electron chi connectivity index (χ4n) is 3.68. The Morgan fingerprint density at radius 3 is 1.67 bits per heavy atom. The topological polar surface area (TPSA) is 26.3 Å². The summed E-state index contributed by atoms with van der Waals surface area (Å²) in [6, 6.07) is 0. The molecule has 0 amide bonds. The molecule has 27 heavy (non-hydrogen) atoms. The Hall–Kier alpha value is -0.530. The van der Waals surface area contributed by atoms with Crippen LogP contribution < -0.4 is 0 Å². The van der Waals surface area contributed by atoms with E-state index >= 15 is 0 Å². The van der Waals surface area contributed by atoms with Crippen LogP contribution >= 0.6 is 0 Å². The van der Waals surface area contributed by atoms with Crippen LogP contribution in [0.3, 0.4) is 0 Å². The third-order valence-electron chi connectivity index (χ3n) is 5.78. The summed E-state index contributed by atoms with van der Waals surface area (Å²) in [6.07, 6.45) is 21.9. The van der Waals surface area contributed by atoms with Gasteiger partial charge in [-0.2, -0.15) is 0 Å². The van der Waals surface area contributed by atoms with Crippen LogP contribution in [0.1, 0.15) is 137 Å². The molecule has 0 aromatic rings. The van der Waals surface area contributed by atoms with Gasteiger partial charge in [-0.05, 0) is 18.8 Å². The molecule has 162 valence electrons. The van der Waals surface area contributed by atoms with Gasteiger partial charge in [0.25, 0.3) is 0 Å². The Labute approximate surface area is 171 Å². The molecule has 0 aromatic heterocycles. The normalized spacial score (nSPS) is 13.5. The summed E-state index contributed by atoms with van der Waals surface area (Å²) in [5, 5.41) is 0. The quantitative estimate of drug-likeness (QED) is 0.156. The molecule has 0 aliphatic rings. The number of esters is 1. The highest BCUT2D eigenvalue weighted by atomic mass is 16.5. The van der Waals surface area contributed by atoms with Crippen molar-refractivity contribution in [2.75, 3.05) is 6.61 Å². The van der Waals surface area contributed by atoms with Crippen molar-refractivity contribution in [3.63, 3.8) is 0 Å². The molecule has 2 nitrogen and oxygen atoms in total. The molecule has 0 saturated carbocycles. The van der Waals surface area contributed by atoms with Crippen LogP contribution in [-0.4, -0.2) is 12.6 Å². The molecule has 2 atom stereocenters. The van der Waals surface area contributed by atoms with Gasteiger partial charge in [0, 0.05) is 0 Å². The van der Waals surface area contributed by atoms with Gasteiger partial charge in [0.15, 0.2) is 0 Å². The van der Waals surface area contributed by atoms with Crippen LogP contribution in [0.15, 0.2) is 0 Å². The summed E-state index contributed by atoms with van der Waals surface area (Å²) in [5.41, 5.74) is 0. The van der Waals surface area contributed by atoms with Gasteiger partial charge in [-0.3, -0.25) is 4.79 Å². The van der Waals surface area contributed by atoms with Crippen molar-refractivity contribution in [2.45, 2.75) is 137 Å². The number of carbonyl (C=O) groups is 1. The molecule has 2 heteroatoms. The standard InChI is InChI=1S/C25H50O2/c1-5-7-9-12-17-21-24(4)25(26)27-22-18-14-11-13-16-20-23(3)19-15-10-8-6-2/h23-24H,5-22H2,1-4H3. The van der Waals surface area contributed by atoms with Crippen molar-refractivity contribution in [3.8, 4) is 0 Å². The average Bonchev–Trinajstić information content (AvgIpc) is 2.66. The van der Waals surface area contributed by atoms with Crippen LogP contribution in [0.25, 0.3) is 0 Å². The number of carbonyl (C=O) groups excluding carboxylic acids is 1. The Morgan fingerprint density at radius 1 is 0.630 bits per heavy atom. The minimum atomic E-state index is 0.0161. The largest absolute Gasteiger partial charge is 0.465 e. The van der Waals surface area contributed by atoms with Crippen molar-refractivity contribution in [1.82, 2.24) is 0 Å². The summed E-state index contributed by atoms with van der Waals surface area (Å²) < 4.78 is 5.45. The number of hydrogen-bond acceptors (Lipinski definition) is 2. The summed E-state index contributed by atoms with van der Waals surface area (Å²) in [7, 11) is 0. The molecule has 2 unspecified atom stereocenters. The van der Waals surface area contributed by atoms with Gasteiger partial charge < -0.3 is 4.74 Å². The van der Waals surface area contributed by atoms with Crippen molar-refractivity contribution in [1.29, 1.82) is 0 Å². The van der Waals surface area contributed by atoms with Crippen LogP contribution in [0.4, 0.5) is 0 Å². The van der Waals surface area contributed by atoms with Gasteiger partial charge in [-0.25, -0.2) is 0 Å². The SMILES string of the molecule is CCCCCCCC(C)C(=O)OCCCCCCCC(C)CCCCCC. The molecule has 0 radical (unpaired) electrons. The molecule has 0 fully saturated rings. The second-order valence-corrected chi connectivity index (χ2v) is 8.78. The van der Waals surface area contributed by atoms with E-state index in [2.05, 4.69) is 20.8 Å². The van der Waals surface area contributed by atoms with Crippen molar-refractivity contribution < 1.29 is 9.53 Å². The maximum atomic E-state index is 12.0. The number of unbranched alkanes of at least 4 members (excludes halogenated alkanes) is 11. The molecule has 0 heterocycles. The lowest BCUT2D eigenvalue weighted by Crippen LogP contribution is -2.15. The molecule has 0 aromatic carbocycles. The van der Waals surface area contributed by atoms with Crippen molar-refractivity contribution in [3.05, 3.63) is 0 Å². The summed E-state index contributed by atoms with van der Waals surface area (Å²) >= 11 is 0. The lowest BCUT2D eigenvalue weighted by atomic mass is 9.96. The molecular weight excluding hydrogens is 332 g/mol. The highest BCUT2D eigenvalue weighted by Crippen LogP contribution is 2.18. The van der Waals surface area contributed by atoms with Gasteiger partial charge >= 0.3 is 5.97 Å². The van der Waals surface area contributed by atoms with Crippen LogP contribution in [0.2, 0.25) is 0 Å². The molecular formula is C25H50O2. The zero-order chi connectivity index (χ0) is 20.2. The van der Waals surface area contributed by atoms with Gasteiger partial charge in [0.1, 0.15) is 0 Å². The number of ether oxygens (including phenoxy) is 1. The van der Waals surface area contributed by atoms with Crippen LogP contribution in [0, 0.1) is 11.8 Å². The maximum Gasteiger partial charge on any atom is 0.308 e. The first-order valence-corrected chi connectivity index (χ1v) is 12.3. The smallest absolute Gasteiger partial charge is 0.308 e. The van der Waals surface area contributed by atoms with Crippen molar-refractivity contribution in [2.24, 2.45) is 11.8 Å². The predicted octanol–water partition coefficient (Wildman–Crippen LogP) is 8.47. The fourth-order valence-corrected chi connectivity index (χ4v) is 3.68. The van der Waals surface area contributed by atoms with E-state index in [-0.39, 0.29) is 11.9 Å². The summed E-state index contributed by atoms with van der Waals surface area (Å²) in [5.74, 6) is 0.985. The van der Waals surface area contributed by atoms with E-state index in [0.29, 0.717) is 6.61 Å². The highest BCUT2D eigenvalue weighted by molar-refractivity contribution is 5.71. The van der Waals surface area contributed by atoms with E-state index in [1.165, 1.54) is 89.9 Å². The first kappa shape index (κ1) is 26.5. The van der Waals surface area contributed by atoms with E-state index in [9.17, 15) is 4.79 Å². The molecule has 0 saturated heterocycles. The summed E-state index contributed by atoms with van der Waals surface area (Å²) in [6.45, 7) is 9.56. The van der Waals surface area contributed by atoms with Gasteiger partial charge in [-0.1, -0.05) is 124 Å². The number of hydrogen-bond donors (Lipinski definition) is 0. The average molecular weight is 383 g/mol. The van der Waals surface area contributed by atoms with E-state index in [4.69, 9.17) is 4.74 Å². The predicted molar refractivity (Wildman–Crippen MR) is 119 cm³/mol. The Kier molecular flexibility index (Phi) is 19.8. The second-order valence-electron chi connectivity index (χ2n) is 8.78. The molecule has 0 rings (SSSR count). The second kappa shape index (κ2) is 20.2. The van der Waals surface area contributed by atoms with Crippen LogP contribution in [-0.2, 0) is 9.53 Å². The Bertz CT molecular complexity index is 313. The van der Waals surface area contributed by atoms with Gasteiger partial charge in [-0.15, -0.1) is 0 Å². The third-order valence-corrected chi connectivity index (χ3v) is 5.78. The van der Waals surface area contributed by atoms with Crippen molar-refractivity contribution >= 4 is 5.97 Å². The molecule has 0 N–H and O–H groups in total. The fraction of sp³-hybridized carbons (Fsp3) is 0.960. The third kappa shape index (κ3) is 18.6. The lowest BCUT2D eigenvalue weighted by molar-refractivity contribution is -0.148. The monoisotopic (exact) mass is 382 g/mol. The zero-order valence-electron chi connectivity index (χ0n) is 19.2. The first-order chi connectivity index (χ1) is 13.1. The van der Waals surface area contributed by atoms with E-state index in [0.717, 1.165) is 25.2 Å². The number of rotatable bonds is 20. The first-order valence-electron chi connectivity index (χ1n) is 12.3. The Balaban J connectivity index is 3.38. The van der Waals surface area contributed by atoms with Gasteiger partial charge in [0.2, 0.25) is 0 Å². The van der Waals surface area contributed by atoms with E-state index in [1.807, 2.05) is 6.92 Å². The zero-order valence-corrected chi connectivity index (χ0v) is 19.2. The van der Waals surface area contributed by atoms with E-state index < -0.39 is 0 Å². The minimum Gasteiger partial charge on any atom is -0.465 e.